The summed E-state index contributed by atoms with van der Waals surface area (Å²) in [5.74, 6) is 0.669. The lowest BCUT2D eigenvalue weighted by Gasteiger charge is -2.01. The maximum atomic E-state index is 11.5. The van der Waals surface area contributed by atoms with E-state index in [1.165, 1.54) is 0 Å². The molecule has 0 radical (unpaired) electrons. The second kappa shape index (κ2) is 4.19. The van der Waals surface area contributed by atoms with Gasteiger partial charge in [0.05, 0.1) is 0 Å². The second-order valence-corrected chi connectivity index (χ2v) is 4.75. The molecule has 0 aliphatic carbocycles. The van der Waals surface area contributed by atoms with Crippen LogP contribution in [0, 0.1) is 5.92 Å². The van der Waals surface area contributed by atoms with E-state index in [9.17, 15) is 4.79 Å². The zero-order valence-corrected chi connectivity index (χ0v) is 9.54. The predicted molar refractivity (Wildman–Crippen MR) is 55.8 cm³/mol. The molecule has 0 fully saturated rings. The van der Waals surface area contributed by atoms with Gasteiger partial charge in [0.25, 0.3) is 0 Å². The molecule has 0 bridgehead atoms. The van der Waals surface area contributed by atoms with Crippen molar-refractivity contribution in [3.8, 4) is 0 Å². The van der Waals surface area contributed by atoms with Crippen LogP contribution in [0.15, 0.2) is 15.2 Å². The first-order chi connectivity index (χ1) is 5.61. The van der Waals surface area contributed by atoms with Crippen LogP contribution in [0.5, 0.6) is 0 Å². The zero-order valence-electron chi connectivity index (χ0n) is 7.13. The molecular formula is C9H11BrOS. The van der Waals surface area contributed by atoms with E-state index in [-0.39, 0.29) is 5.78 Å². The Bertz CT molecular complexity index is 278. The van der Waals surface area contributed by atoms with Crippen molar-refractivity contribution in [1.82, 2.24) is 0 Å². The molecule has 1 aromatic rings. The highest BCUT2D eigenvalue weighted by Gasteiger charge is 2.11. The van der Waals surface area contributed by atoms with E-state index >= 15 is 0 Å². The Morgan fingerprint density at radius 3 is 2.67 bits per heavy atom. The van der Waals surface area contributed by atoms with Gasteiger partial charge in [-0.1, -0.05) is 13.8 Å². The van der Waals surface area contributed by atoms with Gasteiger partial charge in [0.2, 0.25) is 0 Å². The van der Waals surface area contributed by atoms with Crippen molar-refractivity contribution < 1.29 is 4.79 Å². The number of hydrogen-bond donors (Lipinski definition) is 0. The van der Waals surface area contributed by atoms with Gasteiger partial charge in [0.1, 0.15) is 0 Å². The van der Waals surface area contributed by atoms with Gasteiger partial charge in [-0.3, -0.25) is 4.79 Å². The van der Waals surface area contributed by atoms with Crippen LogP contribution in [-0.4, -0.2) is 5.78 Å². The minimum absolute atomic E-state index is 0.234. The van der Waals surface area contributed by atoms with E-state index in [1.54, 1.807) is 11.3 Å². The molecule has 1 heterocycles. The quantitative estimate of drug-likeness (QED) is 0.743. The van der Waals surface area contributed by atoms with Gasteiger partial charge >= 0.3 is 0 Å². The SMILES string of the molecule is CC(C)CC(=O)c1cscc1Br. The molecule has 0 saturated heterocycles. The monoisotopic (exact) mass is 246 g/mol. The van der Waals surface area contributed by atoms with Gasteiger partial charge in [0, 0.05) is 27.2 Å². The van der Waals surface area contributed by atoms with Crippen molar-refractivity contribution in [3.05, 3.63) is 20.8 Å². The second-order valence-electron chi connectivity index (χ2n) is 3.15. The highest BCUT2D eigenvalue weighted by molar-refractivity contribution is 9.10. The van der Waals surface area contributed by atoms with E-state index in [0.29, 0.717) is 12.3 Å². The third kappa shape index (κ3) is 2.42. The van der Waals surface area contributed by atoms with E-state index < -0.39 is 0 Å². The van der Waals surface area contributed by atoms with Crippen LogP contribution in [0.2, 0.25) is 0 Å². The van der Waals surface area contributed by atoms with Crippen LogP contribution in [0.25, 0.3) is 0 Å². The van der Waals surface area contributed by atoms with Crippen molar-refractivity contribution >= 4 is 33.0 Å². The Morgan fingerprint density at radius 1 is 1.58 bits per heavy atom. The number of hydrogen-bond acceptors (Lipinski definition) is 2. The molecule has 0 unspecified atom stereocenters. The highest BCUT2D eigenvalue weighted by atomic mass is 79.9. The maximum Gasteiger partial charge on any atom is 0.165 e. The lowest BCUT2D eigenvalue weighted by atomic mass is 10.0. The van der Waals surface area contributed by atoms with Gasteiger partial charge in [-0.2, -0.15) is 11.3 Å². The van der Waals surface area contributed by atoms with E-state index in [2.05, 4.69) is 29.8 Å². The van der Waals surface area contributed by atoms with Crippen molar-refractivity contribution in [1.29, 1.82) is 0 Å². The number of rotatable bonds is 3. The third-order valence-electron chi connectivity index (χ3n) is 1.51. The summed E-state index contributed by atoms with van der Waals surface area (Å²) in [6.07, 6.45) is 0.634. The number of ketones is 1. The first-order valence-electron chi connectivity index (χ1n) is 3.86. The molecule has 12 heavy (non-hydrogen) atoms. The Balaban J connectivity index is 2.72. The molecule has 0 saturated carbocycles. The minimum Gasteiger partial charge on any atom is -0.294 e. The van der Waals surface area contributed by atoms with Crippen molar-refractivity contribution in [2.75, 3.05) is 0 Å². The molecule has 0 aliphatic heterocycles. The first kappa shape index (κ1) is 9.93. The summed E-state index contributed by atoms with van der Waals surface area (Å²) in [5.41, 5.74) is 0.828. The molecule has 0 spiro atoms. The lowest BCUT2D eigenvalue weighted by Crippen LogP contribution is -2.02. The van der Waals surface area contributed by atoms with Crippen LogP contribution >= 0.6 is 27.3 Å². The fourth-order valence-electron chi connectivity index (χ4n) is 0.961. The molecule has 0 N–H and O–H groups in total. The summed E-state index contributed by atoms with van der Waals surface area (Å²) < 4.78 is 0.929. The van der Waals surface area contributed by atoms with Gasteiger partial charge < -0.3 is 0 Å². The summed E-state index contributed by atoms with van der Waals surface area (Å²) in [4.78, 5) is 11.5. The topological polar surface area (TPSA) is 17.1 Å². The van der Waals surface area contributed by atoms with Gasteiger partial charge in [-0.05, 0) is 21.8 Å². The molecule has 0 aromatic carbocycles. The number of thiophene rings is 1. The summed E-state index contributed by atoms with van der Waals surface area (Å²) in [6, 6.07) is 0. The molecule has 0 amide bonds. The van der Waals surface area contributed by atoms with Crippen LogP contribution in [0.4, 0.5) is 0 Å². The number of halogens is 1. The smallest absolute Gasteiger partial charge is 0.165 e. The Morgan fingerprint density at radius 2 is 2.25 bits per heavy atom. The normalized spacial score (nSPS) is 10.7. The van der Waals surface area contributed by atoms with Crippen molar-refractivity contribution in [2.45, 2.75) is 20.3 Å². The van der Waals surface area contributed by atoms with Crippen LogP contribution in [0.3, 0.4) is 0 Å². The Kier molecular flexibility index (Phi) is 3.47. The van der Waals surface area contributed by atoms with Crippen molar-refractivity contribution in [2.24, 2.45) is 5.92 Å². The first-order valence-corrected chi connectivity index (χ1v) is 5.59. The molecular weight excluding hydrogens is 236 g/mol. The fourth-order valence-corrected chi connectivity index (χ4v) is 2.48. The largest absolute Gasteiger partial charge is 0.294 e. The molecule has 1 rings (SSSR count). The Labute approximate surface area is 84.9 Å². The number of carbonyl (C=O) groups excluding carboxylic acids is 1. The van der Waals surface area contributed by atoms with E-state index in [0.717, 1.165) is 10.0 Å². The van der Waals surface area contributed by atoms with Crippen molar-refractivity contribution in [3.63, 3.8) is 0 Å². The third-order valence-corrected chi connectivity index (χ3v) is 3.21. The van der Waals surface area contributed by atoms with Gasteiger partial charge in [0.15, 0.2) is 5.78 Å². The minimum atomic E-state index is 0.234. The highest BCUT2D eigenvalue weighted by Crippen LogP contribution is 2.23. The molecule has 1 aromatic heterocycles. The molecule has 3 heteroatoms. The van der Waals surface area contributed by atoms with Crippen LogP contribution in [0.1, 0.15) is 30.6 Å². The molecule has 0 atom stereocenters. The predicted octanol–water partition coefficient (Wildman–Crippen LogP) is 3.74. The standard InChI is InChI=1S/C9H11BrOS/c1-6(2)3-9(11)7-4-12-5-8(7)10/h4-6H,3H2,1-2H3. The summed E-state index contributed by atoms with van der Waals surface area (Å²) in [7, 11) is 0. The van der Waals surface area contributed by atoms with E-state index in [4.69, 9.17) is 0 Å². The number of carbonyl (C=O) groups is 1. The van der Waals surface area contributed by atoms with Gasteiger partial charge in [-0.15, -0.1) is 0 Å². The van der Waals surface area contributed by atoms with Crippen LogP contribution in [-0.2, 0) is 0 Å². The summed E-state index contributed by atoms with van der Waals surface area (Å²) in [5, 5.41) is 3.84. The summed E-state index contributed by atoms with van der Waals surface area (Å²) >= 11 is 4.90. The summed E-state index contributed by atoms with van der Waals surface area (Å²) in [6.45, 7) is 4.11. The average Bonchev–Trinajstić information content (AvgIpc) is 2.33. The van der Waals surface area contributed by atoms with E-state index in [1.807, 2.05) is 10.8 Å². The zero-order chi connectivity index (χ0) is 9.14. The average molecular weight is 247 g/mol. The fraction of sp³-hybridized carbons (Fsp3) is 0.444. The molecule has 0 aliphatic rings. The lowest BCUT2D eigenvalue weighted by molar-refractivity contribution is 0.0967. The number of Topliss-reactive ketones (excluding diaryl/α,β-unsaturated/α-hetero) is 1. The Hall–Kier alpha value is -0.150. The maximum absolute atomic E-state index is 11.5. The molecule has 1 nitrogen and oxygen atoms in total. The van der Waals surface area contributed by atoms with Crippen LogP contribution < -0.4 is 0 Å². The molecule has 66 valence electrons. The van der Waals surface area contributed by atoms with Gasteiger partial charge in [-0.25, -0.2) is 0 Å².